The van der Waals surface area contributed by atoms with Crippen LogP contribution in [0.4, 0.5) is 0 Å². The molecule has 0 aromatic heterocycles. The number of carbonyl (C=O) groups is 1. The van der Waals surface area contributed by atoms with Crippen LogP contribution < -0.4 is 5.32 Å². The second-order valence-electron chi connectivity index (χ2n) is 4.22. The van der Waals surface area contributed by atoms with E-state index < -0.39 is 0 Å². The molecule has 0 fully saturated rings. The molecular weight excluding hydrogens is 218 g/mol. The van der Waals surface area contributed by atoms with Crippen molar-refractivity contribution in [2.75, 3.05) is 6.54 Å². The van der Waals surface area contributed by atoms with Crippen LogP contribution in [0.3, 0.4) is 0 Å². The Balaban J connectivity index is 2.58. The van der Waals surface area contributed by atoms with Crippen molar-refractivity contribution in [3.05, 3.63) is 29.8 Å². The van der Waals surface area contributed by atoms with Crippen LogP contribution in [-0.4, -0.2) is 22.7 Å². The summed E-state index contributed by atoms with van der Waals surface area (Å²) < 4.78 is 0. The summed E-state index contributed by atoms with van der Waals surface area (Å²) in [4.78, 5) is 11.4. The van der Waals surface area contributed by atoms with Crippen LogP contribution in [0.25, 0.3) is 6.08 Å². The number of benzene rings is 1. The van der Waals surface area contributed by atoms with Crippen LogP contribution in [0.5, 0.6) is 11.5 Å². The number of hydrogen-bond acceptors (Lipinski definition) is 3. The van der Waals surface area contributed by atoms with Gasteiger partial charge in [-0.15, -0.1) is 0 Å². The molecule has 0 spiro atoms. The molecule has 4 nitrogen and oxygen atoms in total. The minimum atomic E-state index is -0.199. The fourth-order valence-corrected chi connectivity index (χ4v) is 1.18. The van der Waals surface area contributed by atoms with Crippen LogP contribution in [0.2, 0.25) is 0 Å². The van der Waals surface area contributed by atoms with Crippen molar-refractivity contribution in [3.8, 4) is 11.5 Å². The summed E-state index contributed by atoms with van der Waals surface area (Å²) in [6.07, 6.45) is 2.98. The molecule has 0 saturated carbocycles. The number of carbonyl (C=O) groups excluding carboxylic acids is 1. The Hall–Kier alpha value is -1.97. The standard InChI is InChI=1S/C13H17NO3/c1-9(2)8-14-13(17)6-4-10-3-5-11(15)12(16)7-10/h3-7,9,15-16H,8H2,1-2H3,(H,14,17)/b6-4+. The van der Waals surface area contributed by atoms with Crippen molar-refractivity contribution >= 4 is 12.0 Å². The lowest BCUT2D eigenvalue weighted by Crippen LogP contribution is -2.25. The Morgan fingerprint density at radius 2 is 2.06 bits per heavy atom. The molecule has 0 aliphatic carbocycles. The summed E-state index contributed by atoms with van der Waals surface area (Å²) in [5, 5.41) is 21.1. The van der Waals surface area contributed by atoms with Gasteiger partial charge in [0.1, 0.15) is 0 Å². The first kappa shape index (κ1) is 13.1. The molecule has 1 aromatic rings. The van der Waals surface area contributed by atoms with Crippen LogP contribution in [0.1, 0.15) is 19.4 Å². The number of amides is 1. The average molecular weight is 235 g/mol. The van der Waals surface area contributed by atoms with E-state index in [4.69, 9.17) is 5.11 Å². The van der Waals surface area contributed by atoms with Gasteiger partial charge in [0.2, 0.25) is 5.91 Å². The number of rotatable bonds is 4. The number of hydrogen-bond donors (Lipinski definition) is 3. The van der Waals surface area contributed by atoms with E-state index in [1.54, 1.807) is 12.1 Å². The zero-order chi connectivity index (χ0) is 12.8. The number of phenolic OH excluding ortho intramolecular Hbond substituents is 2. The molecule has 4 heteroatoms. The Kier molecular flexibility index (Phi) is 4.57. The van der Waals surface area contributed by atoms with E-state index in [1.807, 2.05) is 13.8 Å². The molecular formula is C13H17NO3. The third kappa shape index (κ3) is 4.59. The van der Waals surface area contributed by atoms with E-state index in [2.05, 4.69) is 5.32 Å². The zero-order valence-electron chi connectivity index (χ0n) is 9.97. The fourth-order valence-electron chi connectivity index (χ4n) is 1.18. The lowest BCUT2D eigenvalue weighted by Gasteiger charge is -2.04. The molecule has 17 heavy (non-hydrogen) atoms. The quantitative estimate of drug-likeness (QED) is 0.551. The van der Waals surface area contributed by atoms with Gasteiger partial charge in [0.05, 0.1) is 0 Å². The van der Waals surface area contributed by atoms with E-state index in [9.17, 15) is 9.90 Å². The summed E-state index contributed by atoms with van der Waals surface area (Å²) in [5.41, 5.74) is 0.653. The van der Waals surface area contributed by atoms with Crippen molar-refractivity contribution in [1.29, 1.82) is 0 Å². The van der Waals surface area contributed by atoms with Crippen molar-refractivity contribution < 1.29 is 15.0 Å². The molecule has 0 aliphatic heterocycles. The van der Waals surface area contributed by atoms with E-state index in [0.717, 1.165) is 0 Å². The zero-order valence-corrected chi connectivity index (χ0v) is 9.97. The fraction of sp³-hybridized carbons (Fsp3) is 0.308. The summed E-state index contributed by atoms with van der Waals surface area (Å²) in [5.74, 6) is -0.141. The Morgan fingerprint density at radius 1 is 1.35 bits per heavy atom. The molecule has 0 saturated heterocycles. The second-order valence-corrected chi connectivity index (χ2v) is 4.22. The highest BCUT2D eigenvalue weighted by Gasteiger charge is 2.00. The van der Waals surface area contributed by atoms with Gasteiger partial charge >= 0.3 is 0 Å². The predicted molar refractivity (Wildman–Crippen MR) is 66.7 cm³/mol. The molecule has 0 atom stereocenters. The molecule has 0 heterocycles. The summed E-state index contributed by atoms with van der Waals surface area (Å²) in [6.45, 7) is 4.66. The van der Waals surface area contributed by atoms with E-state index in [1.165, 1.54) is 18.2 Å². The normalized spacial score (nSPS) is 11.0. The third-order valence-corrected chi connectivity index (χ3v) is 2.11. The van der Waals surface area contributed by atoms with E-state index in [0.29, 0.717) is 18.0 Å². The number of phenols is 2. The van der Waals surface area contributed by atoms with Crippen molar-refractivity contribution in [3.63, 3.8) is 0 Å². The van der Waals surface area contributed by atoms with Gasteiger partial charge in [-0.25, -0.2) is 0 Å². The SMILES string of the molecule is CC(C)CNC(=O)/C=C/c1ccc(O)c(O)c1. The lowest BCUT2D eigenvalue weighted by molar-refractivity contribution is -0.116. The predicted octanol–water partition coefficient (Wildman–Crippen LogP) is 1.88. The van der Waals surface area contributed by atoms with Crippen LogP contribution in [0.15, 0.2) is 24.3 Å². The topological polar surface area (TPSA) is 69.6 Å². The van der Waals surface area contributed by atoms with Crippen molar-refractivity contribution in [1.82, 2.24) is 5.32 Å². The average Bonchev–Trinajstić information content (AvgIpc) is 2.28. The minimum Gasteiger partial charge on any atom is -0.504 e. The van der Waals surface area contributed by atoms with Gasteiger partial charge in [0.25, 0.3) is 0 Å². The monoisotopic (exact) mass is 235 g/mol. The lowest BCUT2D eigenvalue weighted by atomic mass is 10.2. The van der Waals surface area contributed by atoms with Gasteiger partial charge in [0, 0.05) is 12.6 Å². The van der Waals surface area contributed by atoms with Gasteiger partial charge in [-0.1, -0.05) is 19.9 Å². The maximum Gasteiger partial charge on any atom is 0.244 e. The van der Waals surface area contributed by atoms with Gasteiger partial charge in [-0.2, -0.15) is 0 Å². The van der Waals surface area contributed by atoms with Gasteiger partial charge in [-0.05, 0) is 29.7 Å². The molecule has 1 aromatic carbocycles. The molecule has 0 unspecified atom stereocenters. The second kappa shape index (κ2) is 5.94. The highest BCUT2D eigenvalue weighted by molar-refractivity contribution is 5.91. The van der Waals surface area contributed by atoms with Crippen molar-refractivity contribution in [2.45, 2.75) is 13.8 Å². The van der Waals surface area contributed by atoms with Crippen molar-refractivity contribution in [2.24, 2.45) is 5.92 Å². The maximum absolute atomic E-state index is 11.4. The van der Waals surface area contributed by atoms with Crippen LogP contribution in [-0.2, 0) is 4.79 Å². The van der Waals surface area contributed by atoms with Gasteiger partial charge in [-0.3, -0.25) is 4.79 Å². The Morgan fingerprint density at radius 3 is 2.65 bits per heavy atom. The molecule has 0 radical (unpaired) electrons. The first-order chi connectivity index (χ1) is 7.99. The van der Waals surface area contributed by atoms with E-state index in [-0.39, 0.29) is 17.4 Å². The molecule has 1 amide bonds. The minimum absolute atomic E-state index is 0.175. The van der Waals surface area contributed by atoms with Crippen LogP contribution >= 0.6 is 0 Å². The molecule has 92 valence electrons. The first-order valence-electron chi connectivity index (χ1n) is 5.47. The number of nitrogens with one attached hydrogen (secondary N) is 1. The smallest absolute Gasteiger partial charge is 0.244 e. The molecule has 0 aliphatic rings. The summed E-state index contributed by atoms with van der Waals surface area (Å²) in [6, 6.07) is 4.38. The summed E-state index contributed by atoms with van der Waals surface area (Å²) >= 11 is 0. The highest BCUT2D eigenvalue weighted by atomic mass is 16.3. The van der Waals surface area contributed by atoms with E-state index >= 15 is 0 Å². The molecule has 3 N–H and O–H groups in total. The molecule has 1 rings (SSSR count). The Bertz CT molecular complexity index is 425. The molecule has 0 bridgehead atoms. The number of aromatic hydroxyl groups is 2. The van der Waals surface area contributed by atoms with Gasteiger partial charge in [0.15, 0.2) is 11.5 Å². The third-order valence-electron chi connectivity index (χ3n) is 2.11. The summed E-state index contributed by atoms with van der Waals surface area (Å²) in [7, 11) is 0. The highest BCUT2D eigenvalue weighted by Crippen LogP contribution is 2.25. The van der Waals surface area contributed by atoms with Crippen LogP contribution in [0, 0.1) is 5.92 Å². The largest absolute Gasteiger partial charge is 0.504 e. The maximum atomic E-state index is 11.4. The van der Waals surface area contributed by atoms with Gasteiger partial charge < -0.3 is 15.5 Å². The Labute approximate surface area is 101 Å². The first-order valence-corrected chi connectivity index (χ1v) is 5.47.